The number of nitrogens with zero attached hydrogens (tertiary/aromatic N) is 3. The number of amidine groups is 1. The molecule has 1 aromatic carbocycles. The van der Waals surface area contributed by atoms with Gasteiger partial charge in [-0.3, -0.25) is 4.99 Å². The largest absolute Gasteiger partial charge is 0.257 e. The number of halogens is 1. The van der Waals surface area contributed by atoms with Gasteiger partial charge in [-0.25, -0.2) is 9.98 Å². The molecule has 2 heterocycles. The summed E-state index contributed by atoms with van der Waals surface area (Å²) in [7, 11) is 0. The predicted molar refractivity (Wildman–Crippen MR) is 67.1 cm³/mol. The molecule has 0 aliphatic carbocycles. The van der Waals surface area contributed by atoms with Crippen LogP contribution in [0.2, 0.25) is 0 Å². The lowest BCUT2D eigenvalue weighted by molar-refractivity contribution is 1.26. The minimum Gasteiger partial charge on any atom is -0.257 e. The lowest BCUT2D eigenvalue weighted by atomic mass is 10.0. The maximum Gasteiger partial charge on any atom is 0.176 e. The first-order chi connectivity index (χ1) is 7.83. The fourth-order valence-electron chi connectivity index (χ4n) is 1.73. The van der Waals surface area contributed by atoms with Crippen molar-refractivity contribution in [2.75, 3.05) is 0 Å². The minimum absolute atomic E-state index is 0.414. The van der Waals surface area contributed by atoms with Gasteiger partial charge >= 0.3 is 0 Å². The molecule has 3 nitrogen and oxygen atoms in total. The van der Waals surface area contributed by atoms with E-state index in [1.54, 1.807) is 12.3 Å². The van der Waals surface area contributed by atoms with Gasteiger partial charge in [-0.05, 0) is 17.7 Å². The van der Waals surface area contributed by atoms with E-state index in [0.29, 0.717) is 11.0 Å². The first kappa shape index (κ1) is 9.48. The van der Waals surface area contributed by atoms with Crippen LogP contribution < -0.4 is 0 Å². The van der Waals surface area contributed by atoms with E-state index in [1.165, 1.54) is 5.56 Å². The fourth-order valence-corrected chi connectivity index (χ4v) is 1.86. The summed E-state index contributed by atoms with van der Waals surface area (Å²) < 4.78 is 0. The van der Waals surface area contributed by atoms with Crippen molar-refractivity contribution in [2.24, 2.45) is 15.0 Å². The number of fused-ring (bicyclic) bond motifs is 2. The molecule has 0 saturated carbocycles. The summed E-state index contributed by atoms with van der Waals surface area (Å²) in [6.07, 6.45) is 4.09. The lowest BCUT2D eigenvalue weighted by Gasteiger charge is -2.13. The minimum atomic E-state index is 0.414. The smallest absolute Gasteiger partial charge is 0.176 e. The van der Waals surface area contributed by atoms with E-state index in [9.17, 15) is 0 Å². The van der Waals surface area contributed by atoms with Crippen molar-refractivity contribution in [3.63, 3.8) is 0 Å². The molecule has 2 aliphatic rings. The van der Waals surface area contributed by atoms with Crippen molar-refractivity contribution < 1.29 is 0 Å². The quantitative estimate of drug-likeness (QED) is 0.656. The summed E-state index contributed by atoms with van der Waals surface area (Å²) in [5.74, 6) is 0.619. The SMILES string of the molecule is ClC1=NC2=Nc3ccccc3CC2=NC=C1. The van der Waals surface area contributed by atoms with Crippen LogP contribution in [0, 0.1) is 0 Å². The summed E-state index contributed by atoms with van der Waals surface area (Å²) in [4.78, 5) is 13.0. The third-order valence-electron chi connectivity index (χ3n) is 2.49. The third-order valence-corrected chi connectivity index (χ3v) is 2.70. The Labute approximate surface area is 97.9 Å². The molecule has 0 amide bonds. The summed E-state index contributed by atoms with van der Waals surface area (Å²) in [6, 6.07) is 7.99. The van der Waals surface area contributed by atoms with Gasteiger partial charge in [-0.15, -0.1) is 0 Å². The molecular weight excluding hydrogens is 222 g/mol. The topological polar surface area (TPSA) is 37.1 Å². The number of aliphatic imine (C=N–C) groups is 3. The number of hydrogen-bond acceptors (Lipinski definition) is 3. The molecule has 2 aliphatic heterocycles. The van der Waals surface area contributed by atoms with E-state index in [2.05, 4.69) is 21.0 Å². The summed E-state index contributed by atoms with van der Waals surface area (Å²) in [5, 5.41) is 0.414. The molecule has 0 aromatic heterocycles. The average Bonchev–Trinajstić information content (AvgIpc) is 2.46. The van der Waals surface area contributed by atoms with Crippen molar-refractivity contribution in [3.8, 4) is 0 Å². The Balaban J connectivity index is 2.17. The standard InChI is InChI=1S/C12H8ClN3/c13-11-5-6-14-10-7-8-3-1-2-4-9(8)15-12(10)16-11/h1-6H,7H2. The normalized spacial score (nSPS) is 17.7. The maximum absolute atomic E-state index is 5.88. The molecule has 0 atom stereocenters. The number of rotatable bonds is 0. The molecule has 3 rings (SSSR count). The summed E-state index contributed by atoms with van der Waals surface area (Å²) in [5.41, 5.74) is 2.99. The van der Waals surface area contributed by atoms with Crippen molar-refractivity contribution in [3.05, 3.63) is 42.1 Å². The Morgan fingerprint density at radius 1 is 1.12 bits per heavy atom. The molecule has 0 unspecified atom stereocenters. The summed E-state index contributed by atoms with van der Waals surface area (Å²) in [6.45, 7) is 0. The van der Waals surface area contributed by atoms with E-state index in [1.807, 2.05) is 18.2 Å². The fraction of sp³-hybridized carbons (Fsp3) is 0.0833. The zero-order valence-corrected chi connectivity index (χ0v) is 9.15. The number of para-hydroxylation sites is 1. The van der Waals surface area contributed by atoms with Gasteiger partial charge in [0, 0.05) is 12.6 Å². The Kier molecular flexibility index (Phi) is 2.18. The lowest BCUT2D eigenvalue weighted by Crippen LogP contribution is -2.18. The molecule has 0 radical (unpaired) electrons. The zero-order valence-electron chi connectivity index (χ0n) is 8.39. The highest BCUT2D eigenvalue weighted by molar-refractivity contribution is 6.70. The Morgan fingerprint density at radius 3 is 2.94 bits per heavy atom. The highest BCUT2D eigenvalue weighted by atomic mass is 35.5. The molecule has 0 bridgehead atoms. The van der Waals surface area contributed by atoms with Gasteiger partial charge in [0.2, 0.25) is 0 Å². The molecule has 16 heavy (non-hydrogen) atoms. The highest BCUT2D eigenvalue weighted by Gasteiger charge is 2.18. The first-order valence-electron chi connectivity index (χ1n) is 4.97. The van der Waals surface area contributed by atoms with E-state index in [4.69, 9.17) is 11.6 Å². The highest BCUT2D eigenvalue weighted by Crippen LogP contribution is 2.25. The molecule has 0 saturated heterocycles. The molecule has 1 aromatic rings. The van der Waals surface area contributed by atoms with Gasteiger partial charge in [0.25, 0.3) is 0 Å². The average molecular weight is 230 g/mol. The van der Waals surface area contributed by atoms with Crippen LogP contribution in [-0.4, -0.2) is 16.7 Å². The van der Waals surface area contributed by atoms with E-state index in [0.717, 1.165) is 17.8 Å². The molecular formula is C12H8ClN3. The van der Waals surface area contributed by atoms with Crippen LogP contribution in [0.4, 0.5) is 5.69 Å². The number of allylic oxidation sites excluding steroid dienone is 1. The molecule has 78 valence electrons. The van der Waals surface area contributed by atoms with Crippen molar-refractivity contribution in [2.45, 2.75) is 6.42 Å². The summed E-state index contributed by atoms with van der Waals surface area (Å²) >= 11 is 5.88. The number of benzene rings is 1. The van der Waals surface area contributed by atoms with Gasteiger partial charge in [-0.1, -0.05) is 29.8 Å². The third kappa shape index (κ3) is 1.59. The van der Waals surface area contributed by atoms with Crippen LogP contribution in [0.25, 0.3) is 0 Å². The monoisotopic (exact) mass is 229 g/mol. The molecule has 4 heteroatoms. The van der Waals surface area contributed by atoms with E-state index >= 15 is 0 Å². The van der Waals surface area contributed by atoms with Crippen LogP contribution in [-0.2, 0) is 6.42 Å². The van der Waals surface area contributed by atoms with Gasteiger partial charge in [-0.2, -0.15) is 0 Å². The molecule has 0 fully saturated rings. The van der Waals surface area contributed by atoms with Crippen molar-refractivity contribution in [1.82, 2.24) is 0 Å². The second-order valence-corrected chi connectivity index (χ2v) is 3.95. The predicted octanol–water partition coefficient (Wildman–Crippen LogP) is 2.88. The first-order valence-corrected chi connectivity index (χ1v) is 5.35. The Hall–Kier alpha value is -1.74. The van der Waals surface area contributed by atoms with Crippen molar-refractivity contribution in [1.29, 1.82) is 0 Å². The van der Waals surface area contributed by atoms with Crippen LogP contribution in [0.5, 0.6) is 0 Å². The second-order valence-electron chi connectivity index (χ2n) is 3.57. The van der Waals surface area contributed by atoms with Crippen LogP contribution in [0.1, 0.15) is 5.56 Å². The van der Waals surface area contributed by atoms with E-state index in [-0.39, 0.29) is 0 Å². The van der Waals surface area contributed by atoms with Gasteiger partial charge in [0.05, 0.1) is 11.4 Å². The van der Waals surface area contributed by atoms with Crippen molar-refractivity contribution >= 4 is 34.0 Å². The van der Waals surface area contributed by atoms with Gasteiger partial charge in [0.15, 0.2) is 5.84 Å². The number of hydrogen-bond donors (Lipinski definition) is 0. The maximum atomic E-state index is 5.88. The van der Waals surface area contributed by atoms with Crippen LogP contribution >= 0.6 is 11.6 Å². The zero-order chi connectivity index (χ0) is 11.0. The van der Waals surface area contributed by atoms with Gasteiger partial charge < -0.3 is 0 Å². The Morgan fingerprint density at radius 2 is 2.00 bits per heavy atom. The molecule has 0 N–H and O–H groups in total. The second kappa shape index (κ2) is 3.68. The molecule has 0 spiro atoms. The Bertz CT molecular complexity index is 567. The van der Waals surface area contributed by atoms with Gasteiger partial charge in [0.1, 0.15) is 5.17 Å². The van der Waals surface area contributed by atoms with Crippen LogP contribution in [0.3, 0.4) is 0 Å². The van der Waals surface area contributed by atoms with Crippen LogP contribution in [0.15, 0.2) is 51.5 Å². The van der Waals surface area contributed by atoms with E-state index < -0.39 is 0 Å².